The van der Waals surface area contributed by atoms with Crippen LogP contribution in [0.4, 0.5) is 0 Å². The zero-order chi connectivity index (χ0) is 15.4. The maximum Gasteiger partial charge on any atom is 0.248 e. The summed E-state index contributed by atoms with van der Waals surface area (Å²) in [5.41, 5.74) is 0. The molecule has 5 nitrogen and oxygen atoms in total. The summed E-state index contributed by atoms with van der Waals surface area (Å²) in [6, 6.07) is 0.751. The van der Waals surface area contributed by atoms with Gasteiger partial charge < -0.3 is 18.9 Å². The summed E-state index contributed by atoms with van der Waals surface area (Å²) in [5.74, 6) is 0.761. The monoisotopic (exact) mass is 311 g/mol. The van der Waals surface area contributed by atoms with Crippen LogP contribution in [0, 0.1) is 5.92 Å². The fraction of sp³-hybridized carbons (Fsp3) is 0.941. The molecular formula is C17H31N2O3+. The average molecular weight is 311 g/mol. The molecule has 3 saturated heterocycles. The predicted octanol–water partition coefficient (Wildman–Crippen LogP) is 1.27. The van der Waals surface area contributed by atoms with E-state index in [1.807, 2.05) is 4.90 Å². The third kappa shape index (κ3) is 3.63. The van der Waals surface area contributed by atoms with Crippen molar-refractivity contribution in [3.63, 3.8) is 0 Å². The maximum atomic E-state index is 12.1. The summed E-state index contributed by atoms with van der Waals surface area (Å²) in [5, 5.41) is 0. The van der Waals surface area contributed by atoms with E-state index in [2.05, 4.69) is 7.05 Å². The van der Waals surface area contributed by atoms with Crippen molar-refractivity contribution in [2.45, 2.75) is 38.1 Å². The number of hydrogen-bond acceptors (Lipinski definition) is 3. The van der Waals surface area contributed by atoms with Crippen molar-refractivity contribution in [1.82, 2.24) is 4.90 Å². The molecule has 0 radical (unpaired) electrons. The van der Waals surface area contributed by atoms with Crippen molar-refractivity contribution in [3.05, 3.63) is 0 Å². The topological polar surface area (TPSA) is 38.8 Å². The van der Waals surface area contributed by atoms with Gasteiger partial charge in [-0.05, 0) is 25.7 Å². The maximum absolute atomic E-state index is 12.1. The third-order valence-corrected chi connectivity index (χ3v) is 5.93. The van der Waals surface area contributed by atoms with E-state index in [-0.39, 0.29) is 12.5 Å². The first-order valence-electron chi connectivity index (χ1n) is 8.96. The molecular weight excluding hydrogens is 280 g/mol. The van der Waals surface area contributed by atoms with E-state index in [0.717, 1.165) is 12.6 Å². The number of carbonyl (C=O) groups is 1. The van der Waals surface area contributed by atoms with Gasteiger partial charge in [-0.2, -0.15) is 0 Å². The Morgan fingerprint density at radius 1 is 1.18 bits per heavy atom. The Morgan fingerprint density at radius 2 is 1.95 bits per heavy atom. The lowest BCUT2D eigenvalue weighted by atomic mass is 9.82. The molecule has 3 fully saturated rings. The normalized spacial score (nSPS) is 36.0. The number of quaternary nitrogens is 1. The molecule has 3 heterocycles. The highest BCUT2D eigenvalue weighted by Gasteiger charge is 2.43. The van der Waals surface area contributed by atoms with Crippen LogP contribution < -0.4 is 0 Å². The number of fused-ring (bicyclic) bond motifs is 1. The van der Waals surface area contributed by atoms with E-state index in [0.29, 0.717) is 32.2 Å². The second-order valence-electron chi connectivity index (χ2n) is 7.40. The Kier molecular flexibility index (Phi) is 5.37. The van der Waals surface area contributed by atoms with Gasteiger partial charge in [0.05, 0.1) is 46.0 Å². The van der Waals surface area contributed by atoms with Gasteiger partial charge in [-0.15, -0.1) is 0 Å². The number of rotatable bonds is 4. The standard InChI is InChI=1S/C17H31N2O3/c1-19-9-3-2-6-16(19)15(5-4-10-19)13-22-14-17(20)18-7-11-21-12-8-18/h15-16H,2-14H2,1H3/q+1/t15-,16+,19-/m1/s1. The number of morpholine rings is 1. The summed E-state index contributed by atoms with van der Waals surface area (Å²) >= 11 is 0. The van der Waals surface area contributed by atoms with Crippen molar-refractivity contribution in [2.75, 3.05) is 59.7 Å². The minimum Gasteiger partial charge on any atom is -0.378 e. The molecule has 3 atom stereocenters. The highest BCUT2D eigenvalue weighted by molar-refractivity contribution is 5.77. The smallest absolute Gasteiger partial charge is 0.248 e. The predicted molar refractivity (Wildman–Crippen MR) is 84.5 cm³/mol. The number of hydrogen-bond donors (Lipinski definition) is 0. The lowest BCUT2D eigenvalue weighted by molar-refractivity contribution is -0.947. The average Bonchev–Trinajstić information content (AvgIpc) is 2.55. The summed E-state index contributed by atoms with van der Waals surface area (Å²) in [7, 11) is 2.43. The number of piperidine rings is 2. The summed E-state index contributed by atoms with van der Waals surface area (Å²) in [4.78, 5) is 14.0. The van der Waals surface area contributed by atoms with Crippen LogP contribution in [0.2, 0.25) is 0 Å². The van der Waals surface area contributed by atoms with Crippen molar-refractivity contribution in [3.8, 4) is 0 Å². The van der Waals surface area contributed by atoms with Gasteiger partial charge in [0.2, 0.25) is 5.91 Å². The minimum absolute atomic E-state index is 0.125. The molecule has 1 amide bonds. The van der Waals surface area contributed by atoms with Crippen molar-refractivity contribution in [1.29, 1.82) is 0 Å². The molecule has 0 aromatic carbocycles. The van der Waals surface area contributed by atoms with Crippen LogP contribution in [-0.2, 0) is 14.3 Å². The van der Waals surface area contributed by atoms with Crippen molar-refractivity contribution < 1.29 is 18.8 Å². The summed E-state index contributed by atoms with van der Waals surface area (Å²) < 4.78 is 12.4. The largest absolute Gasteiger partial charge is 0.378 e. The molecule has 5 heteroatoms. The van der Waals surface area contributed by atoms with Crippen LogP contribution in [0.5, 0.6) is 0 Å². The first-order valence-corrected chi connectivity index (χ1v) is 8.96. The van der Waals surface area contributed by atoms with Crippen LogP contribution in [0.25, 0.3) is 0 Å². The van der Waals surface area contributed by atoms with Gasteiger partial charge in [-0.1, -0.05) is 0 Å². The van der Waals surface area contributed by atoms with E-state index in [4.69, 9.17) is 9.47 Å². The van der Waals surface area contributed by atoms with E-state index in [1.54, 1.807) is 0 Å². The molecule has 3 aliphatic rings. The van der Waals surface area contributed by atoms with Crippen LogP contribution in [0.15, 0.2) is 0 Å². The highest BCUT2D eigenvalue weighted by atomic mass is 16.5. The first-order chi connectivity index (χ1) is 10.7. The van der Waals surface area contributed by atoms with Crippen LogP contribution >= 0.6 is 0 Å². The fourth-order valence-electron chi connectivity index (χ4n) is 4.63. The van der Waals surface area contributed by atoms with E-state index in [9.17, 15) is 4.79 Å². The number of ether oxygens (including phenoxy) is 2. The van der Waals surface area contributed by atoms with Gasteiger partial charge in [0.25, 0.3) is 0 Å². The lowest BCUT2D eigenvalue weighted by Crippen LogP contribution is -2.61. The molecule has 22 heavy (non-hydrogen) atoms. The number of nitrogens with zero attached hydrogens (tertiary/aromatic N) is 2. The van der Waals surface area contributed by atoms with Crippen molar-refractivity contribution >= 4 is 5.91 Å². The second-order valence-corrected chi connectivity index (χ2v) is 7.40. The summed E-state index contributed by atoms with van der Waals surface area (Å²) in [6.45, 7) is 6.40. The van der Waals surface area contributed by atoms with Crippen LogP contribution in [0.3, 0.4) is 0 Å². The molecule has 3 rings (SSSR count). The highest BCUT2D eigenvalue weighted by Crippen LogP contribution is 2.36. The zero-order valence-corrected chi connectivity index (χ0v) is 14.0. The molecule has 0 saturated carbocycles. The van der Waals surface area contributed by atoms with Gasteiger partial charge in [0.15, 0.2) is 0 Å². The van der Waals surface area contributed by atoms with E-state index < -0.39 is 0 Å². The number of amides is 1. The summed E-state index contributed by atoms with van der Waals surface area (Å²) in [6.07, 6.45) is 6.64. The molecule has 3 aliphatic heterocycles. The molecule has 126 valence electrons. The van der Waals surface area contributed by atoms with Gasteiger partial charge in [0, 0.05) is 25.4 Å². The van der Waals surface area contributed by atoms with Gasteiger partial charge in [0.1, 0.15) is 6.61 Å². The Balaban J connectivity index is 1.45. The molecule has 0 aromatic heterocycles. The Morgan fingerprint density at radius 3 is 2.77 bits per heavy atom. The van der Waals surface area contributed by atoms with E-state index >= 15 is 0 Å². The quantitative estimate of drug-likeness (QED) is 0.734. The fourth-order valence-corrected chi connectivity index (χ4v) is 4.63. The number of carbonyl (C=O) groups excluding carboxylic acids is 1. The molecule has 0 aliphatic carbocycles. The Bertz CT molecular complexity index is 380. The van der Waals surface area contributed by atoms with Gasteiger partial charge in [-0.3, -0.25) is 4.79 Å². The van der Waals surface area contributed by atoms with Crippen molar-refractivity contribution in [2.24, 2.45) is 5.92 Å². The van der Waals surface area contributed by atoms with Crippen LogP contribution in [-0.4, -0.2) is 81.0 Å². The van der Waals surface area contributed by atoms with Crippen LogP contribution in [0.1, 0.15) is 32.1 Å². The molecule has 0 N–H and O–H groups in total. The molecule has 0 aromatic rings. The Labute approximate surface area is 134 Å². The van der Waals surface area contributed by atoms with Gasteiger partial charge in [-0.25, -0.2) is 0 Å². The molecule has 0 unspecified atom stereocenters. The first kappa shape index (κ1) is 16.2. The second kappa shape index (κ2) is 7.28. The third-order valence-electron chi connectivity index (χ3n) is 5.93. The Hall–Kier alpha value is -0.650. The minimum atomic E-state index is 0.125. The molecule has 0 spiro atoms. The SMILES string of the molecule is C[N@+]12CCCC[C@H]1[C@@H](COCC(=O)N1CCOCC1)CCC2. The van der Waals surface area contributed by atoms with E-state index in [1.165, 1.54) is 49.7 Å². The molecule has 0 bridgehead atoms. The lowest BCUT2D eigenvalue weighted by Gasteiger charge is -2.51. The van der Waals surface area contributed by atoms with Gasteiger partial charge >= 0.3 is 0 Å². The zero-order valence-electron chi connectivity index (χ0n) is 14.0.